The standard InChI is InChI=1S/C26H25NO2/c1-15-16(2)18(4)24-14-21(9-11-23(24)17(15)3)25-12-10-22(27-25)13-19-5-7-20(8-6-19)26(28)29/h5-12,14,27H,13H2,1-4H3,(H,28,29). The van der Waals surface area contributed by atoms with Gasteiger partial charge in [-0.2, -0.15) is 0 Å². The molecule has 0 aliphatic rings. The number of aromatic carboxylic acids is 1. The maximum absolute atomic E-state index is 11.0. The molecule has 0 saturated heterocycles. The van der Waals surface area contributed by atoms with E-state index in [1.807, 2.05) is 12.1 Å². The zero-order valence-electron chi connectivity index (χ0n) is 17.3. The van der Waals surface area contributed by atoms with Crippen molar-refractivity contribution in [3.05, 3.63) is 93.7 Å². The van der Waals surface area contributed by atoms with E-state index in [4.69, 9.17) is 5.11 Å². The summed E-state index contributed by atoms with van der Waals surface area (Å²) < 4.78 is 0. The number of aryl methyl sites for hydroxylation is 2. The SMILES string of the molecule is Cc1c(C)c(C)c2cc(-c3ccc(Cc4ccc(C(=O)O)cc4)[nH]3)ccc2c1C. The molecule has 1 aromatic heterocycles. The molecule has 0 amide bonds. The van der Waals surface area contributed by atoms with Crippen LogP contribution in [-0.4, -0.2) is 16.1 Å². The zero-order valence-corrected chi connectivity index (χ0v) is 17.3. The summed E-state index contributed by atoms with van der Waals surface area (Å²) >= 11 is 0. The minimum absolute atomic E-state index is 0.313. The molecule has 29 heavy (non-hydrogen) atoms. The highest BCUT2D eigenvalue weighted by molar-refractivity contribution is 5.93. The Morgan fingerprint density at radius 1 is 0.793 bits per heavy atom. The number of carboxylic acid groups (broad SMARTS) is 1. The number of nitrogens with one attached hydrogen (secondary N) is 1. The van der Waals surface area contributed by atoms with Crippen molar-refractivity contribution in [1.29, 1.82) is 0 Å². The van der Waals surface area contributed by atoms with Crippen LogP contribution in [0.4, 0.5) is 0 Å². The number of hydrogen-bond acceptors (Lipinski definition) is 1. The first kappa shape index (κ1) is 19.0. The van der Waals surface area contributed by atoms with Crippen LogP contribution in [0.15, 0.2) is 54.6 Å². The van der Waals surface area contributed by atoms with Crippen LogP contribution in [0.2, 0.25) is 0 Å². The summed E-state index contributed by atoms with van der Waals surface area (Å²) in [5, 5.41) is 11.7. The van der Waals surface area contributed by atoms with Crippen LogP contribution in [0, 0.1) is 27.7 Å². The van der Waals surface area contributed by atoms with E-state index < -0.39 is 5.97 Å². The Morgan fingerprint density at radius 2 is 1.45 bits per heavy atom. The van der Waals surface area contributed by atoms with Crippen molar-refractivity contribution in [1.82, 2.24) is 4.98 Å². The largest absolute Gasteiger partial charge is 0.478 e. The first-order chi connectivity index (χ1) is 13.8. The van der Waals surface area contributed by atoms with Gasteiger partial charge in [0.05, 0.1) is 5.56 Å². The molecule has 146 valence electrons. The number of fused-ring (bicyclic) bond motifs is 1. The molecule has 0 atom stereocenters. The van der Waals surface area contributed by atoms with Crippen LogP contribution in [0.25, 0.3) is 22.0 Å². The summed E-state index contributed by atoms with van der Waals surface area (Å²) in [5.41, 5.74) is 10.2. The van der Waals surface area contributed by atoms with Crippen molar-refractivity contribution in [2.75, 3.05) is 0 Å². The van der Waals surface area contributed by atoms with Gasteiger partial charge in [-0.1, -0.05) is 24.3 Å². The van der Waals surface area contributed by atoms with E-state index in [0.29, 0.717) is 5.56 Å². The van der Waals surface area contributed by atoms with Crippen molar-refractivity contribution in [2.24, 2.45) is 0 Å². The summed E-state index contributed by atoms with van der Waals surface area (Å²) in [5.74, 6) is -0.897. The van der Waals surface area contributed by atoms with E-state index in [2.05, 4.69) is 63.0 Å². The van der Waals surface area contributed by atoms with Crippen molar-refractivity contribution in [2.45, 2.75) is 34.1 Å². The fourth-order valence-corrected chi connectivity index (χ4v) is 4.01. The third-order valence-electron chi connectivity index (χ3n) is 6.17. The maximum atomic E-state index is 11.0. The number of benzene rings is 3. The van der Waals surface area contributed by atoms with E-state index in [1.165, 1.54) is 38.6 Å². The Balaban J connectivity index is 1.65. The Kier molecular flexibility index (Phi) is 4.75. The van der Waals surface area contributed by atoms with Gasteiger partial charge < -0.3 is 10.1 Å². The fourth-order valence-electron chi connectivity index (χ4n) is 4.01. The average Bonchev–Trinajstić information content (AvgIpc) is 3.19. The average molecular weight is 383 g/mol. The van der Waals surface area contributed by atoms with E-state index in [-0.39, 0.29) is 0 Å². The van der Waals surface area contributed by atoms with Crippen LogP contribution in [0.3, 0.4) is 0 Å². The topological polar surface area (TPSA) is 53.1 Å². The van der Waals surface area contributed by atoms with Gasteiger partial charge in [-0.15, -0.1) is 0 Å². The number of hydrogen-bond donors (Lipinski definition) is 2. The minimum atomic E-state index is -0.897. The molecule has 0 aliphatic carbocycles. The van der Waals surface area contributed by atoms with Crippen LogP contribution < -0.4 is 0 Å². The minimum Gasteiger partial charge on any atom is -0.478 e. The highest BCUT2D eigenvalue weighted by Crippen LogP contribution is 2.32. The van der Waals surface area contributed by atoms with Gasteiger partial charge in [0.25, 0.3) is 0 Å². The summed E-state index contributed by atoms with van der Waals surface area (Å²) in [4.78, 5) is 14.5. The lowest BCUT2D eigenvalue weighted by Crippen LogP contribution is -1.96. The van der Waals surface area contributed by atoms with Crippen LogP contribution in [0.5, 0.6) is 0 Å². The number of aromatic amines is 1. The summed E-state index contributed by atoms with van der Waals surface area (Å²) in [6.45, 7) is 8.80. The Hall–Kier alpha value is -3.33. The molecular weight excluding hydrogens is 358 g/mol. The lowest BCUT2D eigenvalue weighted by Gasteiger charge is -2.15. The summed E-state index contributed by atoms with van der Waals surface area (Å²) in [7, 11) is 0. The molecule has 4 aromatic rings. The third-order valence-corrected chi connectivity index (χ3v) is 6.17. The predicted octanol–water partition coefficient (Wildman–Crippen LogP) is 6.36. The van der Waals surface area contributed by atoms with Crippen molar-refractivity contribution in [3.8, 4) is 11.3 Å². The van der Waals surface area contributed by atoms with Crippen molar-refractivity contribution < 1.29 is 9.90 Å². The fraction of sp³-hybridized carbons (Fsp3) is 0.192. The number of carboxylic acids is 1. The van der Waals surface area contributed by atoms with Gasteiger partial charge in [-0.3, -0.25) is 0 Å². The molecule has 0 radical (unpaired) electrons. The quantitative estimate of drug-likeness (QED) is 0.431. The van der Waals surface area contributed by atoms with E-state index >= 15 is 0 Å². The highest BCUT2D eigenvalue weighted by Gasteiger charge is 2.11. The molecule has 0 unspecified atom stereocenters. The molecule has 0 saturated carbocycles. The normalized spacial score (nSPS) is 11.2. The molecule has 1 heterocycles. The van der Waals surface area contributed by atoms with Gasteiger partial charge in [0.2, 0.25) is 0 Å². The Morgan fingerprint density at radius 3 is 2.10 bits per heavy atom. The van der Waals surface area contributed by atoms with Crippen molar-refractivity contribution in [3.63, 3.8) is 0 Å². The van der Waals surface area contributed by atoms with E-state index in [1.54, 1.807) is 12.1 Å². The molecule has 0 spiro atoms. The summed E-state index contributed by atoms with van der Waals surface area (Å²) in [6.07, 6.45) is 0.740. The molecule has 3 aromatic carbocycles. The second-order valence-corrected chi connectivity index (χ2v) is 7.84. The molecule has 4 rings (SSSR count). The second-order valence-electron chi connectivity index (χ2n) is 7.84. The van der Waals surface area contributed by atoms with Crippen LogP contribution >= 0.6 is 0 Å². The van der Waals surface area contributed by atoms with E-state index in [9.17, 15) is 4.79 Å². The first-order valence-corrected chi connectivity index (χ1v) is 9.85. The number of carbonyl (C=O) groups is 1. The second kappa shape index (κ2) is 7.25. The molecule has 0 fully saturated rings. The first-order valence-electron chi connectivity index (χ1n) is 9.85. The summed E-state index contributed by atoms with van der Waals surface area (Å²) in [6, 6.07) is 18.0. The molecular formula is C26H25NO2. The number of rotatable bonds is 4. The third kappa shape index (κ3) is 3.44. The number of aromatic nitrogens is 1. The monoisotopic (exact) mass is 383 g/mol. The van der Waals surface area contributed by atoms with E-state index in [0.717, 1.165) is 23.4 Å². The van der Waals surface area contributed by atoms with Gasteiger partial charge in [0, 0.05) is 17.8 Å². The lowest BCUT2D eigenvalue weighted by atomic mass is 9.90. The molecule has 2 N–H and O–H groups in total. The van der Waals surface area contributed by atoms with Crippen LogP contribution in [-0.2, 0) is 6.42 Å². The van der Waals surface area contributed by atoms with Crippen LogP contribution in [0.1, 0.15) is 43.9 Å². The molecule has 3 heteroatoms. The van der Waals surface area contributed by atoms with Gasteiger partial charge in [-0.05, 0) is 102 Å². The van der Waals surface area contributed by atoms with Crippen molar-refractivity contribution >= 4 is 16.7 Å². The smallest absolute Gasteiger partial charge is 0.335 e. The molecule has 0 bridgehead atoms. The van der Waals surface area contributed by atoms with Gasteiger partial charge in [0.1, 0.15) is 0 Å². The Labute approximate surface area is 171 Å². The van der Waals surface area contributed by atoms with Gasteiger partial charge >= 0.3 is 5.97 Å². The Bertz CT molecular complexity index is 1230. The predicted molar refractivity (Wildman–Crippen MR) is 119 cm³/mol. The lowest BCUT2D eigenvalue weighted by molar-refractivity contribution is 0.0697. The zero-order chi connectivity index (χ0) is 20.7. The van der Waals surface area contributed by atoms with Gasteiger partial charge in [-0.25, -0.2) is 4.79 Å². The molecule has 0 aliphatic heterocycles. The highest BCUT2D eigenvalue weighted by atomic mass is 16.4. The number of H-pyrrole nitrogens is 1. The maximum Gasteiger partial charge on any atom is 0.335 e. The van der Waals surface area contributed by atoms with Gasteiger partial charge in [0.15, 0.2) is 0 Å². The molecule has 3 nitrogen and oxygen atoms in total.